The molecule has 3 nitrogen and oxygen atoms in total. The van der Waals surface area contributed by atoms with Gasteiger partial charge in [0.15, 0.2) is 6.10 Å². The number of amides is 1. The Morgan fingerprint density at radius 1 is 1.12 bits per heavy atom. The molecule has 0 spiro atoms. The Morgan fingerprint density at radius 2 is 1.80 bits per heavy atom. The minimum Gasteiger partial charge on any atom is -0.481 e. The van der Waals surface area contributed by atoms with Crippen molar-refractivity contribution in [3.8, 4) is 5.75 Å². The number of halogens is 4. The van der Waals surface area contributed by atoms with E-state index in [2.05, 4.69) is 5.32 Å². The summed E-state index contributed by atoms with van der Waals surface area (Å²) in [6.45, 7) is 5.39. The van der Waals surface area contributed by atoms with E-state index in [1.54, 1.807) is 12.1 Å². The number of benzene rings is 2. The lowest BCUT2D eigenvalue weighted by molar-refractivity contribution is -0.137. The van der Waals surface area contributed by atoms with Crippen molar-refractivity contribution < 1.29 is 22.7 Å². The molecule has 0 aliphatic rings. The van der Waals surface area contributed by atoms with Gasteiger partial charge in [0, 0.05) is 5.69 Å². The second-order valence-electron chi connectivity index (χ2n) is 5.69. The van der Waals surface area contributed by atoms with Gasteiger partial charge in [0.25, 0.3) is 5.91 Å². The molecule has 1 atom stereocenters. The number of hydrogen-bond acceptors (Lipinski definition) is 2. The summed E-state index contributed by atoms with van der Waals surface area (Å²) < 4.78 is 44.1. The van der Waals surface area contributed by atoms with E-state index in [0.29, 0.717) is 5.75 Å². The second kappa shape index (κ2) is 7.35. The second-order valence-corrected chi connectivity index (χ2v) is 6.09. The molecule has 2 aromatic carbocycles. The molecule has 0 heterocycles. The number of aryl methyl sites for hydroxylation is 2. The van der Waals surface area contributed by atoms with Crippen LogP contribution in [0.2, 0.25) is 5.02 Å². The lowest BCUT2D eigenvalue weighted by atomic mass is 10.1. The molecule has 1 N–H and O–H groups in total. The van der Waals surface area contributed by atoms with E-state index in [-0.39, 0.29) is 5.69 Å². The molecule has 2 aromatic rings. The first-order valence-corrected chi connectivity index (χ1v) is 7.87. The predicted octanol–water partition coefficient (Wildman–Crippen LogP) is 5.38. The van der Waals surface area contributed by atoms with E-state index in [1.165, 1.54) is 13.0 Å². The molecule has 0 aliphatic heterocycles. The van der Waals surface area contributed by atoms with Gasteiger partial charge >= 0.3 is 6.18 Å². The Bertz CT molecular complexity index is 790. The Kier molecular flexibility index (Phi) is 5.62. The molecule has 0 bridgehead atoms. The maximum atomic E-state index is 12.9. The van der Waals surface area contributed by atoms with Crippen LogP contribution in [0.15, 0.2) is 36.4 Å². The number of carbonyl (C=O) groups excluding carboxylic acids is 1. The molecule has 0 saturated carbocycles. The van der Waals surface area contributed by atoms with E-state index in [4.69, 9.17) is 16.3 Å². The highest BCUT2D eigenvalue weighted by atomic mass is 35.5. The van der Waals surface area contributed by atoms with Crippen LogP contribution in [0.1, 0.15) is 23.6 Å². The normalized spacial score (nSPS) is 12.6. The number of alkyl halides is 3. The monoisotopic (exact) mass is 371 g/mol. The summed E-state index contributed by atoms with van der Waals surface area (Å²) in [5.41, 5.74) is 1.09. The highest BCUT2D eigenvalue weighted by Crippen LogP contribution is 2.36. The summed E-state index contributed by atoms with van der Waals surface area (Å²) >= 11 is 5.56. The Hall–Kier alpha value is -2.21. The van der Waals surface area contributed by atoms with Crippen LogP contribution >= 0.6 is 11.6 Å². The van der Waals surface area contributed by atoms with Gasteiger partial charge in [0.1, 0.15) is 5.75 Å². The highest BCUT2D eigenvalue weighted by Gasteiger charge is 2.33. The third-order valence-corrected chi connectivity index (χ3v) is 4.03. The van der Waals surface area contributed by atoms with Crippen LogP contribution in [0.5, 0.6) is 5.75 Å². The number of carbonyl (C=O) groups is 1. The van der Waals surface area contributed by atoms with Crippen molar-refractivity contribution in [2.75, 3.05) is 5.32 Å². The van der Waals surface area contributed by atoms with Gasteiger partial charge in [-0.25, -0.2) is 0 Å². The lowest BCUT2D eigenvalue weighted by Crippen LogP contribution is -2.30. The molecule has 1 amide bonds. The van der Waals surface area contributed by atoms with E-state index in [9.17, 15) is 18.0 Å². The molecule has 0 aromatic heterocycles. The molecule has 0 aliphatic carbocycles. The molecule has 2 rings (SSSR count). The molecule has 0 saturated heterocycles. The number of nitrogens with one attached hydrogen (secondary N) is 1. The largest absolute Gasteiger partial charge is 0.481 e. The summed E-state index contributed by atoms with van der Waals surface area (Å²) in [6, 6.07) is 8.58. The van der Waals surface area contributed by atoms with E-state index < -0.39 is 28.8 Å². The van der Waals surface area contributed by atoms with Crippen LogP contribution in [0.3, 0.4) is 0 Å². The zero-order chi connectivity index (χ0) is 18.8. The van der Waals surface area contributed by atoms with Gasteiger partial charge in [-0.2, -0.15) is 13.2 Å². The summed E-state index contributed by atoms with van der Waals surface area (Å²) in [6.07, 6.45) is -5.48. The smallest absolute Gasteiger partial charge is 0.417 e. The van der Waals surface area contributed by atoms with Crippen LogP contribution < -0.4 is 10.1 Å². The van der Waals surface area contributed by atoms with Crippen molar-refractivity contribution in [3.05, 3.63) is 58.1 Å². The van der Waals surface area contributed by atoms with Crippen molar-refractivity contribution in [2.45, 2.75) is 33.1 Å². The fourth-order valence-corrected chi connectivity index (χ4v) is 2.33. The van der Waals surface area contributed by atoms with Gasteiger partial charge < -0.3 is 10.1 Å². The average molecular weight is 372 g/mol. The SMILES string of the molecule is Cc1ccc(O[C@H](C)C(=O)Nc2ccc(Cl)c(C(F)(F)F)c2)cc1C. The number of hydrogen-bond donors (Lipinski definition) is 1. The number of rotatable bonds is 4. The highest BCUT2D eigenvalue weighted by molar-refractivity contribution is 6.31. The molecule has 25 heavy (non-hydrogen) atoms. The first-order valence-electron chi connectivity index (χ1n) is 7.49. The molecular formula is C18H17ClF3NO2. The fraction of sp³-hybridized carbons (Fsp3) is 0.278. The third kappa shape index (κ3) is 4.89. The van der Waals surface area contributed by atoms with Crippen LogP contribution in [0.4, 0.5) is 18.9 Å². The molecule has 0 radical (unpaired) electrons. The minimum atomic E-state index is -4.60. The van der Waals surface area contributed by atoms with Gasteiger partial charge in [-0.1, -0.05) is 17.7 Å². The van der Waals surface area contributed by atoms with Crippen molar-refractivity contribution in [1.82, 2.24) is 0 Å². The van der Waals surface area contributed by atoms with Crippen molar-refractivity contribution in [2.24, 2.45) is 0 Å². The standard InChI is InChI=1S/C18H17ClF3NO2/c1-10-4-6-14(8-11(10)2)25-12(3)17(24)23-13-5-7-16(19)15(9-13)18(20,21)22/h4-9,12H,1-3H3,(H,23,24)/t12-/m1/s1. The first-order chi connectivity index (χ1) is 11.6. The summed E-state index contributed by atoms with van der Waals surface area (Å²) in [5, 5.41) is 1.98. The van der Waals surface area contributed by atoms with Gasteiger partial charge in [0.2, 0.25) is 0 Å². The van der Waals surface area contributed by atoms with Crippen LogP contribution in [-0.2, 0) is 11.0 Å². The van der Waals surface area contributed by atoms with Gasteiger partial charge in [-0.3, -0.25) is 4.79 Å². The molecule has 134 valence electrons. The topological polar surface area (TPSA) is 38.3 Å². The summed E-state index contributed by atoms with van der Waals surface area (Å²) in [7, 11) is 0. The zero-order valence-corrected chi connectivity index (χ0v) is 14.6. The van der Waals surface area contributed by atoms with Crippen LogP contribution in [-0.4, -0.2) is 12.0 Å². The lowest BCUT2D eigenvalue weighted by Gasteiger charge is -2.16. The predicted molar refractivity (Wildman–Crippen MR) is 91.1 cm³/mol. The average Bonchev–Trinajstić information content (AvgIpc) is 2.51. The van der Waals surface area contributed by atoms with Gasteiger partial charge in [-0.15, -0.1) is 0 Å². The Morgan fingerprint density at radius 3 is 2.40 bits per heavy atom. The minimum absolute atomic E-state index is 0.00254. The van der Waals surface area contributed by atoms with Crippen LogP contribution in [0.25, 0.3) is 0 Å². The maximum absolute atomic E-state index is 12.9. The zero-order valence-electron chi connectivity index (χ0n) is 13.9. The maximum Gasteiger partial charge on any atom is 0.417 e. The van der Waals surface area contributed by atoms with Crippen LogP contribution in [0, 0.1) is 13.8 Å². The molecule has 0 unspecified atom stereocenters. The number of ether oxygens (including phenoxy) is 1. The van der Waals surface area contributed by atoms with Crippen molar-refractivity contribution >= 4 is 23.2 Å². The van der Waals surface area contributed by atoms with Crippen molar-refractivity contribution in [1.29, 1.82) is 0 Å². The fourth-order valence-electron chi connectivity index (χ4n) is 2.11. The Labute approximate surface area is 148 Å². The quantitative estimate of drug-likeness (QED) is 0.783. The van der Waals surface area contributed by atoms with E-state index in [1.807, 2.05) is 19.9 Å². The molecular weight excluding hydrogens is 355 g/mol. The van der Waals surface area contributed by atoms with E-state index >= 15 is 0 Å². The first kappa shape index (κ1) is 19.1. The van der Waals surface area contributed by atoms with E-state index in [0.717, 1.165) is 23.3 Å². The Balaban J connectivity index is 2.09. The summed E-state index contributed by atoms with van der Waals surface area (Å²) in [5.74, 6) is -0.0495. The number of anilines is 1. The van der Waals surface area contributed by atoms with Crippen molar-refractivity contribution in [3.63, 3.8) is 0 Å². The third-order valence-electron chi connectivity index (χ3n) is 3.70. The summed E-state index contributed by atoms with van der Waals surface area (Å²) in [4.78, 5) is 12.2. The van der Waals surface area contributed by atoms with Gasteiger partial charge in [-0.05, 0) is 62.2 Å². The van der Waals surface area contributed by atoms with Gasteiger partial charge in [0.05, 0.1) is 10.6 Å². The molecule has 7 heteroatoms. The molecule has 0 fully saturated rings.